The zero-order chi connectivity index (χ0) is 14.4. The van der Waals surface area contributed by atoms with Gasteiger partial charge in [-0.25, -0.2) is 0 Å². The highest BCUT2D eigenvalue weighted by atomic mass is 16.5. The van der Waals surface area contributed by atoms with Gasteiger partial charge in [0.05, 0.1) is 18.6 Å². The number of carbonyl (C=O) groups is 1. The Morgan fingerprint density at radius 2 is 1.80 bits per heavy atom. The number of carboxylic acids is 1. The fourth-order valence-electron chi connectivity index (χ4n) is 2.82. The first kappa shape index (κ1) is 14.7. The quantitative estimate of drug-likeness (QED) is 0.829. The predicted octanol–water partition coefficient (Wildman–Crippen LogP) is 3.50. The van der Waals surface area contributed by atoms with Crippen LogP contribution in [0.15, 0.2) is 24.3 Å². The molecule has 0 saturated heterocycles. The van der Waals surface area contributed by atoms with Crippen molar-refractivity contribution in [3.8, 4) is 11.5 Å². The van der Waals surface area contributed by atoms with Crippen molar-refractivity contribution in [1.82, 2.24) is 0 Å². The molecule has 0 aromatic heterocycles. The normalized spacial score (nSPS) is 16.9. The highest BCUT2D eigenvalue weighted by Crippen LogP contribution is 2.41. The van der Waals surface area contributed by atoms with E-state index < -0.39 is 11.4 Å². The van der Waals surface area contributed by atoms with Crippen molar-refractivity contribution in [2.24, 2.45) is 5.41 Å². The second-order valence-corrected chi connectivity index (χ2v) is 5.27. The van der Waals surface area contributed by atoms with E-state index in [0.29, 0.717) is 31.1 Å². The molecule has 0 spiro atoms. The molecule has 0 radical (unpaired) electrons. The van der Waals surface area contributed by atoms with Crippen molar-refractivity contribution in [2.45, 2.75) is 39.0 Å². The minimum absolute atomic E-state index is 0.413. The molecule has 0 amide bonds. The van der Waals surface area contributed by atoms with Crippen molar-refractivity contribution in [3.63, 3.8) is 0 Å². The van der Waals surface area contributed by atoms with E-state index in [9.17, 15) is 9.90 Å². The Bertz CT molecular complexity index is 450. The molecule has 0 atom stereocenters. The molecule has 0 bridgehead atoms. The van der Waals surface area contributed by atoms with Crippen LogP contribution in [0.25, 0.3) is 0 Å². The van der Waals surface area contributed by atoms with Gasteiger partial charge in [-0.15, -0.1) is 0 Å². The topological polar surface area (TPSA) is 55.8 Å². The van der Waals surface area contributed by atoms with Gasteiger partial charge in [0.2, 0.25) is 0 Å². The third-order valence-electron chi connectivity index (χ3n) is 4.00. The number of hydrogen-bond donors (Lipinski definition) is 1. The number of carboxylic acid groups (broad SMARTS) is 1. The lowest BCUT2D eigenvalue weighted by atomic mass is 9.83. The van der Waals surface area contributed by atoms with Crippen LogP contribution < -0.4 is 9.47 Å². The Morgan fingerprint density at radius 3 is 2.35 bits per heavy atom. The summed E-state index contributed by atoms with van der Waals surface area (Å²) < 4.78 is 11.2. The van der Waals surface area contributed by atoms with E-state index in [2.05, 4.69) is 0 Å². The van der Waals surface area contributed by atoms with Crippen LogP contribution in [-0.4, -0.2) is 24.3 Å². The maximum absolute atomic E-state index is 11.5. The van der Waals surface area contributed by atoms with Gasteiger partial charge in [-0.1, -0.05) is 25.0 Å². The van der Waals surface area contributed by atoms with E-state index in [1.165, 1.54) is 0 Å². The van der Waals surface area contributed by atoms with E-state index in [1.54, 1.807) is 0 Å². The van der Waals surface area contributed by atoms with Crippen LogP contribution in [0.4, 0.5) is 0 Å². The van der Waals surface area contributed by atoms with Crippen molar-refractivity contribution < 1.29 is 19.4 Å². The monoisotopic (exact) mass is 278 g/mol. The van der Waals surface area contributed by atoms with Gasteiger partial charge in [0.15, 0.2) is 11.5 Å². The molecule has 1 saturated carbocycles. The zero-order valence-electron chi connectivity index (χ0n) is 11.9. The van der Waals surface area contributed by atoms with Gasteiger partial charge < -0.3 is 14.6 Å². The van der Waals surface area contributed by atoms with Gasteiger partial charge in [-0.2, -0.15) is 0 Å². The Kier molecular flexibility index (Phi) is 4.88. The van der Waals surface area contributed by atoms with Crippen LogP contribution in [-0.2, 0) is 4.79 Å². The number of para-hydroxylation sites is 2. The summed E-state index contributed by atoms with van der Waals surface area (Å²) in [6.07, 6.45) is 4.09. The smallest absolute Gasteiger partial charge is 0.309 e. The standard InChI is InChI=1S/C16H22O4/c1-2-19-13-7-3-4-8-14(13)20-12-11-16(15(17)18)9-5-6-10-16/h3-4,7-8H,2,5-6,9-12H2,1H3,(H,17,18). The molecule has 2 rings (SSSR count). The van der Waals surface area contributed by atoms with E-state index in [1.807, 2.05) is 31.2 Å². The van der Waals surface area contributed by atoms with E-state index >= 15 is 0 Å². The van der Waals surface area contributed by atoms with Gasteiger partial charge in [0.25, 0.3) is 0 Å². The molecule has 0 aliphatic heterocycles. The fourth-order valence-corrected chi connectivity index (χ4v) is 2.82. The highest BCUT2D eigenvalue weighted by Gasteiger charge is 2.40. The van der Waals surface area contributed by atoms with Gasteiger partial charge in [0, 0.05) is 0 Å². The summed E-state index contributed by atoms with van der Waals surface area (Å²) >= 11 is 0. The van der Waals surface area contributed by atoms with E-state index in [-0.39, 0.29) is 0 Å². The summed E-state index contributed by atoms with van der Waals surface area (Å²) in [5, 5.41) is 9.42. The summed E-state index contributed by atoms with van der Waals surface area (Å²) in [5.74, 6) is 0.718. The third-order valence-corrected chi connectivity index (χ3v) is 4.00. The average molecular weight is 278 g/mol. The third kappa shape index (κ3) is 3.24. The minimum atomic E-state index is -0.684. The molecule has 1 fully saturated rings. The van der Waals surface area contributed by atoms with Crippen molar-refractivity contribution in [3.05, 3.63) is 24.3 Å². The largest absolute Gasteiger partial charge is 0.490 e. The molecule has 110 valence electrons. The first-order chi connectivity index (χ1) is 9.68. The average Bonchev–Trinajstić information content (AvgIpc) is 2.91. The van der Waals surface area contributed by atoms with Crippen LogP contribution in [0.2, 0.25) is 0 Å². The fraction of sp³-hybridized carbons (Fsp3) is 0.562. The second kappa shape index (κ2) is 6.64. The SMILES string of the molecule is CCOc1ccccc1OCCC1(C(=O)O)CCCC1. The molecule has 0 heterocycles. The molecule has 1 aliphatic carbocycles. The molecule has 1 aromatic carbocycles. The van der Waals surface area contributed by atoms with E-state index in [0.717, 1.165) is 25.7 Å². The number of rotatable bonds is 7. The van der Waals surface area contributed by atoms with Crippen LogP contribution in [0, 0.1) is 5.41 Å². The Balaban J connectivity index is 1.94. The maximum Gasteiger partial charge on any atom is 0.309 e. The lowest BCUT2D eigenvalue weighted by molar-refractivity contribution is -0.149. The molecule has 1 aromatic rings. The summed E-state index contributed by atoms with van der Waals surface area (Å²) in [6.45, 7) is 2.92. The zero-order valence-corrected chi connectivity index (χ0v) is 11.9. The first-order valence-electron chi connectivity index (χ1n) is 7.26. The Morgan fingerprint density at radius 1 is 1.20 bits per heavy atom. The Hall–Kier alpha value is -1.71. The second-order valence-electron chi connectivity index (χ2n) is 5.27. The molecular weight excluding hydrogens is 256 g/mol. The Labute approximate surface area is 119 Å². The molecule has 1 N–H and O–H groups in total. The lowest BCUT2D eigenvalue weighted by Gasteiger charge is -2.23. The number of ether oxygens (including phenoxy) is 2. The number of benzene rings is 1. The van der Waals surface area contributed by atoms with Gasteiger partial charge in [-0.05, 0) is 38.3 Å². The molecule has 4 heteroatoms. The lowest BCUT2D eigenvalue weighted by Crippen LogP contribution is -2.29. The first-order valence-corrected chi connectivity index (χ1v) is 7.26. The van der Waals surface area contributed by atoms with Crippen LogP contribution in [0.1, 0.15) is 39.0 Å². The van der Waals surface area contributed by atoms with Gasteiger partial charge in [-0.3, -0.25) is 4.79 Å². The molecule has 20 heavy (non-hydrogen) atoms. The van der Waals surface area contributed by atoms with Crippen molar-refractivity contribution in [1.29, 1.82) is 0 Å². The summed E-state index contributed by atoms with van der Waals surface area (Å²) in [4.78, 5) is 11.5. The molecular formula is C16H22O4. The van der Waals surface area contributed by atoms with Crippen LogP contribution >= 0.6 is 0 Å². The maximum atomic E-state index is 11.5. The van der Waals surface area contributed by atoms with Crippen LogP contribution in [0.3, 0.4) is 0 Å². The summed E-state index contributed by atoms with van der Waals surface area (Å²) in [6, 6.07) is 7.50. The van der Waals surface area contributed by atoms with Gasteiger partial charge >= 0.3 is 5.97 Å². The van der Waals surface area contributed by atoms with Gasteiger partial charge in [0.1, 0.15) is 0 Å². The van der Waals surface area contributed by atoms with Crippen LogP contribution in [0.5, 0.6) is 11.5 Å². The highest BCUT2D eigenvalue weighted by molar-refractivity contribution is 5.74. The predicted molar refractivity (Wildman–Crippen MR) is 76.3 cm³/mol. The number of hydrogen-bond acceptors (Lipinski definition) is 3. The molecule has 1 aliphatic rings. The minimum Gasteiger partial charge on any atom is -0.490 e. The summed E-state index contributed by atoms with van der Waals surface area (Å²) in [5.41, 5.74) is -0.583. The van der Waals surface area contributed by atoms with E-state index in [4.69, 9.17) is 9.47 Å². The van der Waals surface area contributed by atoms with Crippen molar-refractivity contribution in [2.75, 3.05) is 13.2 Å². The summed E-state index contributed by atoms with van der Waals surface area (Å²) in [7, 11) is 0. The molecule has 0 unspecified atom stereocenters. The molecule has 4 nitrogen and oxygen atoms in total. The van der Waals surface area contributed by atoms with Crippen molar-refractivity contribution >= 4 is 5.97 Å². The number of aliphatic carboxylic acids is 1.